The van der Waals surface area contributed by atoms with E-state index in [0.717, 1.165) is 15.8 Å². The predicted molar refractivity (Wildman–Crippen MR) is 94.6 cm³/mol. The van der Waals surface area contributed by atoms with Crippen LogP contribution in [0.15, 0.2) is 36.4 Å². The normalized spacial score (nSPS) is 13.2. The van der Waals surface area contributed by atoms with Gasteiger partial charge in [-0.25, -0.2) is 8.78 Å². The van der Waals surface area contributed by atoms with Crippen LogP contribution in [0.3, 0.4) is 0 Å². The summed E-state index contributed by atoms with van der Waals surface area (Å²) < 4.78 is 32.7. The molecule has 26 heavy (non-hydrogen) atoms. The van der Waals surface area contributed by atoms with Crippen LogP contribution < -0.4 is 10.1 Å². The molecule has 3 aromatic rings. The maximum Gasteiger partial charge on any atom is 0.299 e. The Morgan fingerprint density at radius 2 is 1.81 bits per heavy atom. The van der Waals surface area contributed by atoms with Crippen molar-refractivity contribution in [3.05, 3.63) is 47.8 Å². The van der Waals surface area contributed by atoms with Gasteiger partial charge in [0, 0.05) is 5.56 Å². The average Bonchev–Trinajstić information content (AvgIpc) is 3.02. The molecule has 6 nitrogen and oxygen atoms in total. The molecule has 1 unspecified atom stereocenters. The molecule has 1 N–H and O–H groups in total. The number of aromatic nitrogens is 4. The lowest BCUT2D eigenvalue weighted by Crippen LogP contribution is -2.27. The second-order valence-corrected chi connectivity index (χ2v) is 7.03. The topological polar surface area (TPSA) is 64.3 Å². The van der Waals surface area contributed by atoms with Crippen LogP contribution in [0.1, 0.15) is 44.6 Å². The third-order valence-electron chi connectivity index (χ3n) is 4.09. The SMILES string of the molecule is COc1ccccc1C(Nc1ccc2nnc(C(F)F)n2n1)C(C)(C)C. The largest absolute Gasteiger partial charge is 0.496 e. The van der Waals surface area contributed by atoms with Crippen LogP contribution in [0.2, 0.25) is 0 Å². The molecule has 0 aliphatic rings. The van der Waals surface area contributed by atoms with Gasteiger partial charge in [0.25, 0.3) is 6.43 Å². The lowest BCUT2D eigenvalue weighted by molar-refractivity contribution is 0.137. The van der Waals surface area contributed by atoms with Gasteiger partial charge in [-0.05, 0) is 23.6 Å². The zero-order valence-electron chi connectivity index (χ0n) is 15.1. The summed E-state index contributed by atoms with van der Waals surface area (Å²) in [5.74, 6) is 0.719. The fraction of sp³-hybridized carbons (Fsp3) is 0.389. The number of rotatable bonds is 5. The molecule has 0 saturated heterocycles. The number of para-hydroxylation sites is 1. The van der Waals surface area contributed by atoms with Gasteiger partial charge in [-0.15, -0.1) is 15.3 Å². The minimum Gasteiger partial charge on any atom is -0.496 e. The summed E-state index contributed by atoms with van der Waals surface area (Å²) in [5.41, 5.74) is 1.04. The summed E-state index contributed by atoms with van der Waals surface area (Å²) >= 11 is 0. The van der Waals surface area contributed by atoms with Crippen LogP contribution in [-0.4, -0.2) is 26.9 Å². The fourth-order valence-corrected chi connectivity index (χ4v) is 2.83. The number of alkyl halides is 2. The summed E-state index contributed by atoms with van der Waals surface area (Å²) in [6.07, 6.45) is -2.75. The molecule has 1 aromatic carbocycles. The molecule has 0 fully saturated rings. The second kappa shape index (κ2) is 6.86. The van der Waals surface area contributed by atoms with Crippen molar-refractivity contribution in [2.75, 3.05) is 12.4 Å². The Morgan fingerprint density at radius 3 is 2.46 bits per heavy atom. The van der Waals surface area contributed by atoms with Crippen LogP contribution in [0.25, 0.3) is 5.65 Å². The number of methoxy groups -OCH3 is 1. The van der Waals surface area contributed by atoms with E-state index in [2.05, 4.69) is 41.4 Å². The van der Waals surface area contributed by atoms with E-state index >= 15 is 0 Å². The zero-order valence-corrected chi connectivity index (χ0v) is 15.1. The van der Waals surface area contributed by atoms with E-state index in [4.69, 9.17) is 4.74 Å². The number of benzene rings is 1. The third kappa shape index (κ3) is 3.44. The summed E-state index contributed by atoms with van der Waals surface area (Å²) in [4.78, 5) is 0. The first-order valence-electron chi connectivity index (χ1n) is 8.21. The molecule has 0 amide bonds. The first-order valence-corrected chi connectivity index (χ1v) is 8.21. The molecular formula is C18H21F2N5O. The van der Waals surface area contributed by atoms with Crippen molar-refractivity contribution in [1.82, 2.24) is 19.8 Å². The first kappa shape index (κ1) is 18.0. The number of halogens is 2. The Kier molecular flexibility index (Phi) is 4.76. The number of anilines is 1. The van der Waals surface area contributed by atoms with Gasteiger partial charge in [0.15, 0.2) is 5.65 Å². The lowest BCUT2D eigenvalue weighted by Gasteiger charge is -2.33. The number of hydrogen-bond acceptors (Lipinski definition) is 5. The number of hydrogen-bond donors (Lipinski definition) is 1. The van der Waals surface area contributed by atoms with Crippen molar-refractivity contribution in [2.45, 2.75) is 33.2 Å². The summed E-state index contributed by atoms with van der Waals surface area (Å²) in [6.45, 7) is 6.25. The van der Waals surface area contributed by atoms with E-state index in [9.17, 15) is 8.78 Å². The summed E-state index contributed by atoms with van der Waals surface area (Å²) in [6, 6.07) is 10.9. The van der Waals surface area contributed by atoms with Crippen LogP contribution in [0.5, 0.6) is 5.75 Å². The Balaban J connectivity index is 2.02. The smallest absolute Gasteiger partial charge is 0.299 e. The molecule has 0 aliphatic heterocycles. The minimum absolute atomic E-state index is 0.157. The number of nitrogens with one attached hydrogen (secondary N) is 1. The van der Waals surface area contributed by atoms with Crippen molar-refractivity contribution in [3.8, 4) is 5.75 Å². The molecule has 2 aromatic heterocycles. The van der Waals surface area contributed by atoms with E-state index in [1.54, 1.807) is 19.2 Å². The molecular weight excluding hydrogens is 340 g/mol. The van der Waals surface area contributed by atoms with Crippen LogP contribution in [-0.2, 0) is 0 Å². The first-order chi connectivity index (χ1) is 12.3. The van der Waals surface area contributed by atoms with Crippen molar-refractivity contribution >= 4 is 11.5 Å². The van der Waals surface area contributed by atoms with Crippen LogP contribution in [0, 0.1) is 5.41 Å². The summed E-state index contributed by atoms with van der Waals surface area (Å²) in [7, 11) is 1.62. The zero-order chi connectivity index (χ0) is 18.9. The van der Waals surface area contributed by atoms with Gasteiger partial charge in [0.05, 0.1) is 13.2 Å². The van der Waals surface area contributed by atoms with Crippen LogP contribution in [0.4, 0.5) is 14.6 Å². The molecule has 8 heteroatoms. The van der Waals surface area contributed by atoms with E-state index in [1.807, 2.05) is 24.3 Å². The molecule has 3 rings (SSSR count). The average molecular weight is 361 g/mol. The lowest BCUT2D eigenvalue weighted by atomic mass is 9.82. The molecule has 0 spiro atoms. The van der Waals surface area contributed by atoms with Crippen molar-refractivity contribution in [1.29, 1.82) is 0 Å². The maximum atomic E-state index is 13.1. The molecule has 0 bridgehead atoms. The highest BCUT2D eigenvalue weighted by Gasteiger charge is 2.29. The van der Waals surface area contributed by atoms with Gasteiger partial charge in [0.2, 0.25) is 5.82 Å². The van der Waals surface area contributed by atoms with Gasteiger partial charge in [-0.2, -0.15) is 4.52 Å². The van der Waals surface area contributed by atoms with Gasteiger partial charge in [-0.3, -0.25) is 0 Å². The second-order valence-electron chi connectivity index (χ2n) is 7.03. The number of ether oxygens (including phenoxy) is 1. The van der Waals surface area contributed by atoms with Crippen molar-refractivity contribution < 1.29 is 13.5 Å². The van der Waals surface area contributed by atoms with Gasteiger partial charge >= 0.3 is 0 Å². The van der Waals surface area contributed by atoms with Gasteiger partial charge in [-0.1, -0.05) is 39.0 Å². The standard InChI is InChI=1S/C18H21F2N5O/c1-18(2,3)15(11-7-5-6-8-12(11)26-4)21-13-9-10-14-22-23-17(16(19)20)25(14)24-13/h5-10,15-16H,1-4H3,(H,21,24). The molecule has 1 atom stereocenters. The number of fused-ring (bicyclic) bond motifs is 1. The highest BCUT2D eigenvalue weighted by atomic mass is 19.3. The Labute approximate surface area is 150 Å². The minimum atomic E-state index is -2.75. The molecule has 0 aliphatic carbocycles. The fourth-order valence-electron chi connectivity index (χ4n) is 2.83. The monoisotopic (exact) mass is 361 g/mol. The van der Waals surface area contributed by atoms with Gasteiger partial charge < -0.3 is 10.1 Å². The van der Waals surface area contributed by atoms with E-state index in [-0.39, 0.29) is 17.1 Å². The molecule has 0 radical (unpaired) electrons. The Morgan fingerprint density at radius 1 is 1.08 bits per heavy atom. The molecule has 2 heterocycles. The van der Waals surface area contributed by atoms with E-state index in [1.165, 1.54) is 0 Å². The predicted octanol–water partition coefficient (Wildman–Crippen LogP) is 4.27. The quantitative estimate of drug-likeness (QED) is 0.735. The Hall–Kier alpha value is -2.77. The molecule has 0 saturated carbocycles. The van der Waals surface area contributed by atoms with Crippen molar-refractivity contribution in [3.63, 3.8) is 0 Å². The molecule has 138 valence electrons. The number of nitrogens with zero attached hydrogens (tertiary/aromatic N) is 4. The van der Waals surface area contributed by atoms with Crippen LogP contribution >= 0.6 is 0 Å². The third-order valence-corrected chi connectivity index (χ3v) is 4.09. The van der Waals surface area contributed by atoms with E-state index in [0.29, 0.717) is 5.82 Å². The highest BCUT2D eigenvalue weighted by Crippen LogP contribution is 2.39. The summed E-state index contributed by atoms with van der Waals surface area (Å²) in [5, 5.41) is 14.8. The van der Waals surface area contributed by atoms with Gasteiger partial charge in [0.1, 0.15) is 11.6 Å². The van der Waals surface area contributed by atoms with Crippen molar-refractivity contribution in [2.24, 2.45) is 5.41 Å². The Bertz CT molecular complexity index is 904. The maximum absolute atomic E-state index is 13.1. The van der Waals surface area contributed by atoms with E-state index < -0.39 is 12.2 Å². The highest BCUT2D eigenvalue weighted by molar-refractivity contribution is 5.48.